The summed E-state index contributed by atoms with van der Waals surface area (Å²) in [5, 5.41) is 0.455. The fourth-order valence-electron chi connectivity index (χ4n) is 3.26. The number of imide groups is 1. The van der Waals surface area contributed by atoms with Crippen molar-refractivity contribution in [1.82, 2.24) is 0 Å². The summed E-state index contributed by atoms with van der Waals surface area (Å²) in [6.45, 7) is 2.14. The van der Waals surface area contributed by atoms with Crippen LogP contribution in [0.15, 0.2) is 24.3 Å². The lowest BCUT2D eigenvalue weighted by Crippen LogP contribution is -2.31. The predicted octanol–water partition coefficient (Wildman–Crippen LogP) is 3.27. The number of rotatable bonds is 1. The van der Waals surface area contributed by atoms with Crippen molar-refractivity contribution in [3.05, 3.63) is 29.3 Å². The van der Waals surface area contributed by atoms with E-state index in [1.54, 1.807) is 24.3 Å². The molecule has 19 heavy (non-hydrogen) atoms. The Labute approximate surface area is 117 Å². The Hall–Kier alpha value is -1.35. The van der Waals surface area contributed by atoms with Crippen molar-refractivity contribution >= 4 is 29.1 Å². The Balaban J connectivity index is 1.98. The molecule has 1 aromatic carbocycles. The van der Waals surface area contributed by atoms with Gasteiger partial charge < -0.3 is 0 Å². The van der Waals surface area contributed by atoms with Crippen LogP contribution in [0.4, 0.5) is 5.69 Å². The molecule has 2 fully saturated rings. The minimum Gasteiger partial charge on any atom is -0.274 e. The maximum Gasteiger partial charge on any atom is 0.237 e. The lowest BCUT2D eigenvalue weighted by atomic mass is 9.76. The van der Waals surface area contributed by atoms with Gasteiger partial charge in [0.05, 0.1) is 22.5 Å². The molecule has 1 aromatic rings. The summed E-state index contributed by atoms with van der Waals surface area (Å²) >= 11 is 6.11. The van der Waals surface area contributed by atoms with Crippen molar-refractivity contribution in [3.63, 3.8) is 0 Å². The molecule has 0 bridgehead atoms. The van der Waals surface area contributed by atoms with Gasteiger partial charge in [-0.1, -0.05) is 30.7 Å². The van der Waals surface area contributed by atoms with Gasteiger partial charge >= 0.3 is 0 Å². The number of para-hydroxylation sites is 1. The molecule has 0 N–H and O–H groups in total. The van der Waals surface area contributed by atoms with Crippen molar-refractivity contribution in [2.24, 2.45) is 17.8 Å². The van der Waals surface area contributed by atoms with E-state index in [0.29, 0.717) is 16.6 Å². The molecule has 3 nitrogen and oxygen atoms in total. The molecule has 1 aliphatic carbocycles. The van der Waals surface area contributed by atoms with E-state index in [1.165, 1.54) is 4.90 Å². The second-order valence-corrected chi connectivity index (χ2v) is 6.00. The fraction of sp³-hybridized carbons (Fsp3) is 0.467. The van der Waals surface area contributed by atoms with E-state index < -0.39 is 0 Å². The highest BCUT2D eigenvalue weighted by Gasteiger charge is 2.50. The minimum atomic E-state index is -0.146. The highest BCUT2D eigenvalue weighted by atomic mass is 35.5. The SMILES string of the molecule is C[C@@H]1CC[C@@H]2C(=O)N(c3ccccc3Cl)C(=O)[C@@H]2C1. The number of carbonyl (C=O) groups excluding carboxylic acids is 2. The van der Waals surface area contributed by atoms with Crippen LogP contribution in [0, 0.1) is 17.8 Å². The van der Waals surface area contributed by atoms with Gasteiger partial charge in [-0.3, -0.25) is 9.59 Å². The fourth-order valence-corrected chi connectivity index (χ4v) is 3.48. The molecular formula is C15H16ClNO2. The van der Waals surface area contributed by atoms with Crippen LogP contribution >= 0.6 is 11.6 Å². The highest BCUT2D eigenvalue weighted by molar-refractivity contribution is 6.36. The van der Waals surface area contributed by atoms with E-state index >= 15 is 0 Å². The van der Waals surface area contributed by atoms with Crippen LogP contribution in [0.5, 0.6) is 0 Å². The average molecular weight is 278 g/mol. The zero-order chi connectivity index (χ0) is 13.6. The molecule has 4 heteroatoms. The summed E-state index contributed by atoms with van der Waals surface area (Å²) in [4.78, 5) is 26.3. The Bertz CT molecular complexity index is 543. The molecule has 2 aliphatic rings. The van der Waals surface area contributed by atoms with E-state index in [1.807, 2.05) is 0 Å². The molecule has 0 aromatic heterocycles. The van der Waals surface area contributed by atoms with Crippen LogP contribution in [0.1, 0.15) is 26.2 Å². The number of fused-ring (bicyclic) bond motifs is 1. The molecule has 0 radical (unpaired) electrons. The second-order valence-electron chi connectivity index (χ2n) is 5.59. The molecule has 3 rings (SSSR count). The van der Waals surface area contributed by atoms with Crippen LogP contribution in [-0.2, 0) is 9.59 Å². The number of carbonyl (C=O) groups is 2. The van der Waals surface area contributed by atoms with Gasteiger partial charge in [0.1, 0.15) is 0 Å². The van der Waals surface area contributed by atoms with Crippen molar-refractivity contribution in [2.75, 3.05) is 4.90 Å². The first kappa shape index (κ1) is 12.7. The van der Waals surface area contributed by atoms with Crippen LogP contribution < -0.4 is 4.90 Å². The molecule has 1 heterocycles. The van der Waals surface area contributed by atoms with Gasteiger partial charge in [-0.05, 0) is 37.3 Å². The zero-order valence-corrected chi connectivity index (χ0v) is 11.6. The molecule has 0 unspecified atom stereocenters. The molecule has 3 atom stereocenters. The summed E-state index contributed by atoms with van der Waals surface area (Å²) in [7, 11) is 0. The normalized spacial score (nSPS) is 30.6. The summed E-state index contributed by atoms with van der Waals surface area (Å²) in [5.41, 5.74) is 0.529. The van der Waals surface area contributed by atoms with Gasteiger partial charge in [0, 0.05) is 0 Å². The van der Waals surface area contributed by atoms with Gasteiger partial charge in [-0.25, -0.2) is 4.90 Å². The summed E-state index contributed by atoms with van der Waals surface area (Å²) in [6, 6.07) is 7.04. The van der Waals surface area contributed by atoms with E-state index in [9.17, 15) is 9.59 Å². The quantitative estimate of drug-likeness (QED) is 0.739. The Morgan fingerprint density at radius 2 is 1.79 bits per heavy atom. The van der Waals surface area contributed by atoms with Crippen molar-refractivity contribution in [3.8, 4) is 0 Å². The first-order valence-corrected chi connectivity index (χ1v) is 7.09. The Morgan fingerprint density at radius 1 is 1.11 bits per heavy atom. The molecule has 100 valence electrons. The first-order valence-electron chi connectivity index (χ1n) is 6.72. The van der Waals surface area contributed by atoms with Crippen molar-refractivity contribution in [2.45, 2.75) is 26.2 Å². The molecular weight excluding hydrogens is 262 g/mol. The zero-order valence-electron chi connectivity index (χ0n) is 10.8. The minimum absolute atomic E-state index is 0.0741. The Kier molecular flexibility index (Phi) is 3.09. The number of nitrogens with zero attached hydrogens (tertiary/aromatic N) is 1. The lowest BCUT2D eigenvalue weighted by Gasteiger charge is -2.25. The van der Waals surface area contributed by atoms with Gasteiger partial charge in [0.25, 0.3) is 0 Å². The number of benzene rings is 1. The van der Waals surface area contributed by atoms with Crippen molar-refractivity contribution < 1.29 is 9.59 Å². The standard InChI is InChI=1S/C15H16ClNO2/c1-9-6-7-10-11(8-9)15(19)17(14(10)18)13-5-3-2-4-12(13)16/h2-5,9-11H,6-8H2,1H3/t9-,10+,11-/m1/s1. The average Bonchev–Trinajstić information content (AvgIpc) is 2.63. The molecule has 1 saturated carbocycles. The van der Waals surface area contributed by atoms with Crippen molar-refractivity contribution in [1.29, 1.82) is 0 Å². The molecule has 1 aliphatic heterocycles. The second kappa shape index (κ2) is 4.64. The highest BCUT2D eigenvalue weighted by Crippen LogP contribution is 2.43. The van der Waals surface area contributed by atoms with Gasteiger partial charge in [0.2, 0.25) is 11.8 Å². The number of anilines is 1. The van der Waals surface area contributed by atoms with Gasteiger partial charge in [0.15, 0.2) is 0 Å². The number of hydrogen-bond donors (Lipinski definition) is 0. The van der Waals surface area contributed by atoms with E-state index in [-0.39, 0.29) is 23.7 Å². The van der Waals surface area contributed by atoms with E-state index in [2.05, 4.69) is 6.92 Å². The lowest BCUT2D eigenvalue weighted by molar-refractivity contribution is -0.122. The summed E-state index contributed by atoms with van der Waals surface area (Å²) < 4.78 is 0. The topological polar surface area (TPSA) is 37.4 Å². The van der Waals surface area contributed by atoms with Crippen LogP contribution in [-0.4, -0.2) is 11.8 Å². The Morgan fingerprint density at radius 3 is 2.53 bits per heavy atom. The maximum atomic E-state index is 12.5. The van der Waals surface area contributed by atoms with Gasteiger partial charge in [-0.2, -0.15) is 0 Å². The third-order valence-electron chi connectivity index (χ3n) is 4.28. The molecule has 1 saturated heterocycles. The van der Waals surface area contributed by atoms with E-state index in [4.69, 9.17) is 11.6 Å². The molecule has 0 spiro atoms. The van der Waals surface area contributed by atoms with Crippen LogP contribution in [0.2, 0.25) is 5.02 Å². The first-order chi connectivity index (χ1) is 9.09. The summed E-state index contributed by atoms with van der Waals surface area (Å²) in [5.74, 6) is 0.0846. The molecule has 2 amide bonds. The van der Waals surface area contributed by atoms with Crippen LogP contribution in [0.25, 0.3) is 0 Å². The number of hydrogen-bond acceptors (Lipinski definition) is 2. The number of halogens is 1. The predicted molar refractivity (Wildman–Crippen MR) is 73.9 cm³/mol. The summed E-state index contributed by atoms with van der Waals surface area (Å²) in [6.07, 6.45) is 2.66. The smallest absolute Gasteiger partial charge is 0.237 e. The maximum absolute atomic E-state index is 12.5. The van der Waals surface area contributed by atoms with Crippen LogP contribution in [0.3, 0.4) is 0 Å². The third-order valence-corrected chi connectivity index (χ3v) is 4.60. The largest absolute Gasteiger partial charge is 0.274 e. The monoisotopic (exact) mass is 277 g/mol. The third kappa shape index (κ3) is 1.96. The van der Waals surface area contributed by atoms with Gasteiger partial charge in [-0.15, -0.1) is 0 Å². The number of amides is 2. The van der Waals surface area contributed by atoms with E-state index in [0.717, 1.165) is 19.3 Å².